The number of aliphatic hydroxyl groups excluding tert-OH is 1. The number of rotatable bonds is 4. The van der Waals surface area contributed by atoms with Gasteiger partial charge in [0, 0.05) is 45.2 Å². The molecule has 6 heteroatoms. The van der Waals surface area contributed by atoms with Crippen LogP contribution >= 0.6 is 0 Å². The smallest absolute Gasteiger partial charge is 0.310 e. The van der Waals surface area contributed by atoms with Crippen molar-refractivity contribution in [1.29, 1.82) is 0 Å². The molecular formula is C21H34N2O4. The lowest BCUT2D eigenvalue weighted by molar-refractivity contribution is -0.147. The number of carbonyl (C=O) groups is 1. The highest BCUT2D eigenvalue weighted by Gasteiger charge is 2.65. The number of fused-ring (bicyclic) bond motifs is 3. The molecule has 3 saturated heterocycles. The Kier molecular flexibility index (Phi) is 4.54. The second-order valence-electron chi connectivity index (χ2n) is 9.96. The Hall–Kier alpha value is -0.690. The maximum atomic E-state index is 12.7. The second kappa shape index (κ2) is 6.68. The summed E-state index contributed by atoms with van der Waals surface area (Å²) in [5.74, 6) is 1.03. The van der Waals surface area contributed by atoms with E-state index in [1.165, 1.54) is 19.3 Å². The summed E-state index contributed by atoms with van der Waals surface area (Å²) >= 11 is 0. The lowest BCUT2D eigenvalue weighted by atomic mass is 9.53. The van der Waals surface area contributed by atoms with Crippen LogP contribution < -0.4 is 0 Å². The minimum Gasteiger partial charge on any atom is -0.462 e. The molecule has 6 unspecified atom stereocenters. The van der Waals surface area contributed by atoms with E-state index in [1.807, 2.05) is 0 Å². The zero-order chi connectivity index (χ0) is 18.6. The summed E-state index contributed by atoms with van der Waals surface area (Å²) in [6.07, 6.45) is 5.95. The first-order valence-corrected chi connectivity index (χ1v) is 10.9. The van der Waals surface area contributed by atoms with Gasteiger partial charge in [-0.25, -0.2) is 0 Å². The van der Waals surface area contributed by atoms with E-state index in [2.05, 4.69) is 16.7 Å². The Morgan fingerprint density at radius 2 is 1.93 bits per heavy atom. The van der Waals surface area contributed by atoms with Crippen molar-refractivity contribution in [2.45, 2.75) is 50.7 Å². The molecule has 5 fully saturated rings. The van der Waals surface area contributed by atoms with Crippen molar-refractivity contribution in [3.63, 3.8) is 0 Å². The number of ether oxygens (including phenoxy) is 2. The van der Waals surface area contributed by atoms with Gasteiger partial charge in [0.15, 0.2) is 0 Å². The first kappa shape index (κ1) is 18.3. The molecule has 1 spiro atoms. The third-order valence-corrected chi connectivity index (χ3v) is 8.42. The van der Waals surface area contributed by atoms with Crippen LogP contribution in [-0.4, -0.2) is 85.1 Å². The Balaban J connectivity index is 1.26. The number of carbonyl (C=O) groups excluding carboxylic acids is 1. The minimum absolute atomic E-state index is 0.0293. The summed E-state index contributed by atoms with van der Waals surface area (Å²) < 4.78 is 11.9. The number of hydrogen-bond acceptors (Lipinski definition) is 6. The molecule has 5 rings (SSSR count). The fourth-order valence-electron chi connectivity index (χ4n) is 6.78. The van der Waals surface area contributed by atoms with E-state index in [1.54, 1.807) is 0 Å². The van der Waals surface area contributed by atoms with Crippen molar-refractivity contribution in [3.8, 4) is 0 Å². The molecule has 1 N–H and O–H groups in total. The molecule has 0 amide bonds. The lowest BCUT2D eigenvalue weighted by Crippen LogP contribution is -2.52. The van der Waals surface area contributed by atoms with Crippen LogP contribution in [-0.2, 0) is 14.3 Å². The Labute approximate surface area is 162 Å². The van der Waals surface area contributed by atoms with E-state index in [9.17, 15) is 4.79 Å². The standard InChI is InChI=1S/C21H34N2O4/c1-20-3-2-4-21(14-26-21)18(20)11-15-16(19(25)27-17(15)12-20)13-23-7-5-22(6-8-23)9-10-24/h15-18,24H,2-14H2,1H3. The molecule has 3 aliphatic heterocycles. The Morgan fingerprint density at radius 1 is 1.19 bits per heavy atom. The average molecular weight is 379 g/mol. The van der Waals surface area contributed by atoms with E-state index in [0.717, 1.165) is 58.7 Å². The molecule has 5 aliphatic rings. The Morgan fingerprint density at radius 3 is 2.63 bits per heavy atom. The largest absolute Gasteiger partial charge is 0.462 e. The van der Waals surface area contributed by atoms with Gasteiger partial charge < -0.3 is 14.6 Å². The van der Waals surface area contributed by atoms with E-state index in [4.69, 9.17) is 14.6 Å². The topological polar surface area (TPSA) is 65.5 Å². The van der Waals surface area contributed by atoms with Gasteiger partial charge in [-0.1, -0.05) is 6.92 Å². The third-order valence-electron chi connectivity index (χ3n) is 8.42. The highest BCUT2D eigenvalue weighted by molar-refractivity contribution is 5.75. The maximum Gasteiger partial charge on any atom is 0.310 e. The molecule has 0 radical (unpaired) electrons. The number of nitrogens with zero attached hydrogens (tertiary/aromatic N) is 2. The van der Waals surface area contributed by atoms with Gasteiger partial charge in [0.1, 0.15) is 6.10 Å². The number of aliphatic hydroxyl groups is 1. The zero-order valence-electron chi connectivity index (χ0n) is 16.6. The monoisotopic (exact) mass is 378 g/mol. The molecule has 27 heavy (non-hydrogen) atoms. The quantitative estimate of drug-likeness (QED) is 0.584. The van der Waals surface area contributed by atoms with Crippen molar-refractivity contribution in [2.75, 3.05) is 52.5 Å². The molecule has 0 aromatic rings. The van der Waals surface area contributed by atoms with Crippen LogP contribution in [0.3, 0.4) is 0 Å². The van der Waals surface area contributed by atoms with Crippen LogP contribution in [0.5, 0.6) is 0 Å². The van der Waals surface area contributed by atoms with Gasteiger partial charge in [-0.15, -0.1) is 0 Å². The number of epoxide rings is 1. The first-order chi connectivity index (χ1) is 13.0. The molecule has 2 aliphatic carbocycles. The fourth-order valence-corrected chi connectivity index (χ4v) is 6.78. The van der Waals surface area contributed by atoms with Crippen LogP contribution in [0.25, 0.3) is 0 Å². The van der Waals surface area contributed by atoms with Crippen molar-refractivity contribution < 1.29 is 19.4 Å². The SMILES string of the molecule is CC12CCCC3(CO3)C1CC1C(C2)OC(=O)C1CN1CCN(CCO)CC1. The zero-order valence-corrected chi connectivity index (χ0v) is 16.6. The highest BCUT2D eigenvalue weighted by Crippen LogP contribution is 2.62. The normalized spacial score (nSPS) is 47.6. The molecule has 3 heterocycles. The predicted molar refractivity (Wildman–Crippen MR) is 100 cm³/mol. The van der Waals surface area contributed by atoms with E-state index >= 15 is 0 Å². The summed E-state index contributed by atoms with van der Waals surface area (Å²) in [5, 5.41) is 9.11. The lowest BCUT2D eigenvalue weighted by Gasteiger charge is -2.51. The van der Waals surface area contributed by atoms with Crippen molar-refractivity contribution in [3.05, 3.63) is 0 Å². The fraction of sp³-hybridized carbons (Fsp3) is 0.952. The third kappa shape index (κ3) is 3.13. The average Bonchev–Trinajstić information content (AvgIpc) is 3.34. The minimum atomic E-state index is 0.0293. The maximum absolute atomic E-state index is 12.7. The molecule has 152 valence electrons. The predicted octanol–water partition coefficient (Wildman–Crippen LogP) is 1.12. The Bertz CT molecular complexity index is 587. The summed E-state index contributed by atoms with van der Waals surface area (Å²) in [6, 6.07) is 0. The number of hydrogen-bond donors (Lipinski definition) is 1. The molecule has 0 aromatic heterocycles. The molecule has 2 saturated carbocycles. The van der Waals surface area contributed by atoms with Crippen molar-refractivity contribution in [1.82, 2.24) is 9.80 Å². The van der Waals surface area contributed by atoms with Crippen molar-refractivity contribution >= 4 is 5.97 Å². The molecule has 0 aromatic carbocycles. The van der Waals surface area contributed by atoms with Gasteiger partial charge in [0.05, 0.1) is 24.7 Å². The summed E-state index contributed by atoms with van der Waals surface area (Å²) in [6.45, 7) is 9.08. The van der Waals surface area contributed by atoms with Gasteiger partial charge >= 0.3 is 5.97 Å². The van der Waals surface area contributed by atoms with Crippen LogP contribution in [0, 0.1) is 23.2 Å². The number of β-amino-alcohol motifs (C(OH)–C–C–N with tert-alkyl or cyclic N) is 1. The van der Waals surface area contributed by atoms with Gasteiger partial charge in [-0.2, -0.15) is 0 Å². The van der Waals surface area contributed by atoms with Crippen molar-refractivity contribution in [2.24, 2.45) is 23.2 Å². The summed E-state index contributed by atoms with van der Waals surface area (Å²) in [7, 11) is 0. The first-order valence-electron chi connectivity index (χ1n) is 10.9. The van der Waals surface area contributed by atoms with Crippen LogP contribution in [0.4, 0.5) is 0 Å². The van der Waals surface area contributed by atoms with Crippen LogP contribution in [0.1, 0.15) is 39.0 Å². The van der Waals surface area contributed by atoms with Crippen LogP contribution in [0.2, 0.25) is 0 Å². The van der Waals surface area contributed by atoms with E-state index in [-0.39, 0.29) is 35.6 Å². The number of esters is 1. The molecule has 6 atom stereocenters. The van der Waals surface area contributed by atoms with Gasteiger partial charge in [0.2, 0.25) is 0 Å². The van der Waals surface area contributed by atoms with Gasteiger partial charge in [0.25, 0.3) is 0 Å². The van der Waals surface area contributed by atoms with Gasteiger partial charge in [-0.05, 0) is 43.4 Å². The van der Waals surface area contributed by atoms with E-state index < -0.39 is 0 Å². The number of piperazine rings is 1. The molecular weight excluding hydrogens is 344 g/mol. The molecule has 0 bridgehead atoms. The highest BCUT2D eigenvalue weighted by atomic mass is 16.6. The summed E-state index contributed by atoms with van der Waals surface area (Å²) in [4.78, 5) is 17.5. The van der Waals surface area contributed by atoms with E-state index in [0.29, 0.717) is 11.8 Å². The van der Waals surface area contributed by atoms with Gasteiger partial charge in [-0.3, -0.25) is 14.6 Å². The molecule has 6 nitrogen and oxygen atoms in total. The second-order valence-corrected chi connectivity index (χ2v) is 9.96. The van der Waals surface area contributed by atoms with Crippen LogP contribution in [0.15, 0.2) is 0 Å². The summed E-state index contributed by atoms with van der Waals surface area (Å²) in [5.41, 5.74) is 0.408.